The molecule has 0 amide bonds. The predicted octanol–water partition coefficient (Wildman–Crippen LogP) is 2.54. The lowest BCUT2D eigenvalue weighted by molar-refractivity contribution is 0.0205. The van der Waals surface area contributed by atoms with E-state index >= 15 is 0 Å². The van der Waals surface area contributed by atoms with Crippen molar-refractivity contribution in [1.29, 1.82) is 0 Å². The van der Waals surface area contributed by atoms with Crippen LogP contribution in [0.1, 0.15) is 47.0 Å². The van der Waals surface area contributed by atoms with Crippen molar-refractivity contribution < 1.29 is 13.7 Å². The van der Waals surface area contributed by atoms with Gasteiger partial charge in [-0.15, -0.1) is 24.0 Å². The largest absolute Gasteiger partial charge is 0.381 e. The molecule has 6 nitrogen and oxygen atoms in total. The molecule has 0 aliphatic carbocycles. The Morgan fingerprint density at radius 3 is 2.58 bits per heavy atom. The van der Waals surface area contributed by atoms with E-state index in [2.05, 4.69) is 15.6 Å². The van der Waals surface area contributed by atoms with Gasteiger partial charge in [-0.3, -0.25) is 9.20 Å². The van der Waals surface area contributed by atoms with Crippen LogP contribution in [0.15, 0.2) is 4.99 Å². The molecule has 0 spiro atoms. The summed E-state index contributed by atoms with van der Waals surface area (Å²) in [5.41, 5.74) is 0. The molecule has 1 rings (SSSR count). The summed E-state index contributed by atoms with van der Waals surface area (Å²) in [7, 11) is -0.845. The van der Waals surface area contributed by atoms with Crippen molar-refractivity contribution in [3.63, 3.8) is 0 Å². The number of hydrogen-bond donors (Lipinski definition) is 2. The number of rotatable bonds is 10. The first-order valence-corrected chi connectivity index (χ1v) is 10.8. The van der Waals surface area contributed by atoms with E-state index in [0.717, 1.165) is 64.7 Å². The van der Waals surface area contributed by atoms with Crippen molar-refractivity contribution >= 4 is 40.7 Å². The third-order valence-electron chi connectivity index (χ3n) is 4.02. The number of nitrogens with one attached hydrogen (secondary N) is 2. The van der Waals surface area contributed by atoms with Crippen molar-refractivity contribution in [1.82, 2.24) is 10.6 Å². The van der Waals surface area contributed by atoms with Gasteiger partial charge in [-0.1, -0.05) is 0 Å². The summed E-state index contributed by atoms with van der Waals surface area (Å²) in [5, 5.41) is 6.48. The molecule has 156 valence electrons. The Kier molecular flexibility index (Phi) is 15.1. The van der Waals surface area contributed by atoms with Crippen LogP contribution in [0.4, 0.5) is 0 Å². The third kappa shape index (κ3) is 12.5. The van der Waals surface area contributed by atoms with Gasteiger partial charge < -0.3 is 20.1 Å². The standard InChI is InChI=1S/C18H37N3O3S.HI/c1-5-19-17(21-10-14-25(22)18(2,3)4)20-9-6-11-24-15-16-7-12-23-13-8-16;/h16H,5-15H2,1-4H3,(H2,19,20,21);1H. The van der Waals surface area contributed by atoms with Crippen LogP contribution in [0.2, 0.25) is 0 Å². The maximum Gasteiger partial charge on any atom is 0.191 e. The maximum atomic E-state index is 12.1. The summed E-state index contributed by atoms with van der Waals surface area (Å²) in [6.45, 7) is 13.6. The number of halogens is 1. The quantitative estimate of drug-likeness (QED) is 0.208. The molecule has 1 aliphatic rings. The van der Waals surface area contributed by atoms with Gasteiger partial charge in [0.2, 0.25) is 0 Å². The summed E-state index contributed by atoms with van der Waals surface area (Å²) in [6.07, 6.45) is 3.14. The molecule has 0 aromatic heterocycles. The average Bonchev–Trinajstić information content (AvgIpc) is 2.57. The Bertz CT molecular complexity index is 411. The minimum absolute atomic E-state index is 0. The summed E-state index contributed by atoms with van der Waals surface area (Å²) >= 11 is 0. The summed E-state index contributed by atoms with van der Waals surface area (Å²) in [4.78, 5) is 4.55. The maximum absolute atomic E-state index is 12.1. The Balaban J connectivity index is 0.00000625. The molecule has 8 heteroatoms. The van der Waals surface area contributed by atoms with Gasteiger partial charge in [0.25, 0.3) is 0 Å². The average molecular weight is 503 g/mol. The number of guanidine groups is 1. The van der Waals surface area contributed by atoms with Crippen molar-refractivity contribution in [2.45, 2.75) is 51.7 Å². The number of nitrogens with zero attached hydrogens (tertiary/aromatic N) is 1. The molecule has 1 heterocycles. The van der Waals surface area contributed by atoms with Crippen LogP contribution in [0.25, 0.3) is 0 Å². The fourth-order valence-electron chi connectivity index (χ4n) is 2.43. The second-order valence-corrected chi connectivity index (χ2v) is 9.66. The SMILES string of the molecule is CCNC(=NCCCOCC1CCOCC1)NCCS(=O)C(C)(C)C.I. The fraction of sp³-hybridized carbons (Fsp3) is 0.944. The minimum Gasteiger partial charge on any atom is -0.381 e. The predicted molar refractivity (Wildman–Crippen MR) is 121 cm³/mol. The van der Waals surface area contributed by atoms with Crippen LogP contribution in [-0.4, -0.2) is 66.7 Å². The second-order valence-electron chi connectivity index (χ2n) is 7.33. The first kappa shape index (κ1) is 26.1. The van der Waals surface area contributed by atoms with Gasteiger partial charge in [0.15, 0.2) is 5.96 Å². The van der Waals surface area contributed by atoms with Crippen molar-refractivity contribution in [3.05, 3.63) is 0 Å². The Hall–Kier alpha value is 0.0700. The minimum atomic E-state index is -0.845. The molecule has 1 saturated heterocycles. The van der Waals surface area contributed by atoms with Crippen LogP contribution >= 0.6 is 24.0 Å². The molecule has 26 heavy (non-hydrogen) atoms. The van der Waals surface area contributed by atoms with E-state index in [0.29, 0.717) is 18.2 Å². The highest BCUT2D eigenvalue weighted by atomic mass is 127. The molecule has 2 N–H and O–H groups in total. The number of aliphatic imine (C=N–C) groups is 1. The highest BCUT2D eigenvalue weighted by Gasteiger charge is 2.18. The molecule has 0 radical (unpaired) electrons. The second kappa shape index (κ2) is 15.0. The van der Waals surface area contributed by atoms with E-state index in [4.69, 9.17) is 9.47 Å². The zero-order chi connectivity index (χ0) is 18.5. The fourth-order valence-corrected chi connectivity index (χ4v) is 3.33. The van der Waals surface area contributed by atoms with Crippen LogP contribution in [0.3, 0.4) is 0 Å². The van der Waals surface area contributed by atoms with Gasteiger partial charge in [-0.25, -0.2) is 0 Å². The molecule has 1 fully saturated rings. The van der Waals surface area contributed by atoms with E-state index < -0.39 is 10.8 Å². The lowest BCUT2D eigenvalue weighted by atomic mass is 10.0. The van der Waals surface area contributed by atoms with Crippen molar-refractivity contribution in [2.24, 2.45) is 10.9 Å². The monoisotopic (exact) mass is 503 g/mol. The van der Waals surface area contributed by atoms with Crippen LogP contribution < -0.4 is 10.6 Å². The van der Waals surface area contributed by atoms with Gasteiger partial charge in [0.1, 0.15) is 0 Å². The van der Waals surface area contributed by atoms with Crippen molar-refractivity contribution in [2.75, 3.05) is 51.8 Å². The lowest BCUT2D eigenvalue weighted by Crippen LogP contribution is -2.40. The smallest absolute Gasteiger partial charge is 0.191 e. The molecule has 0 aromatic carbocycles. The Labute approximate surface area is 179 Å². The van der Waals surface area contributed by atoms with E-state index in [-0.39, 0.29) is 28.7 Å². The molecule has 1 aliphatic heterocycles. The van der Waals surface area contributed by atoms with Crippen molar-refractivity contribution in [3.8, 4) is 0 Å². The van der Waals surface area contributed by atoms with Gasteiger partial charge in [0.05, 0.1) is 0 Å². The van der Waals surface area contributed by atoms with E-state index in [1.165, 1.54) is 0 Å². The highest BCUT2D eigenvalue weighted by Crippen LogP contribution is 2.14. The number of ether oxygens (including phenoxy) is 2. The summed E-state index contributed by atoms with van der Waals surface area (Å²) in [5.74, 6) is 2.07. The first-order valence-electron chi connectivity index (χ1n) is 9.49. The molecule has 0 aromatic rings. The van der Waals surface area contributed by atoms with Gasteiger partial charge in [-0.05, 0) is 52.9 Å². The summed E-state index contributed by atoms with van der Waals surface area (Å²) < 4.78 is 23.0. The molecular weight excluding hydrogens is 465 g/mol. The van der Waals surface area contributed by atoms with E-state index in [1.54, 1.807) is 0 Å². The highest BCUT2D eigenvalue weighted by molar-refractivity contribution is 14.0. The van der Waals surface area contributed by atoms with Gasteiger partial charge >= 0.3 is 0 Å². The molecule has 0 saturated carbocycles. The van der Waals surface area contributed by atoms with Gasteiger partial charge in [0, 0.05) is 67.4 Å². The first-order chi connectivity index (χ1) is 11.9. The molecule has 1 atom stereocenters. The molecule has 0 bridgehead atoms. The molecular formula is C18H38IN3O3S. The normalized spacial score (nSPS) is 17.5. The van der Waals surface area contributed by atoms with E-state index in [9.17, 15) is 4.21 Å². The molecule has 1 unspecified atom stereocenters. The van der Waals surface area contributed by atoms with Gasteiger partial charge in [-0.2, -0.15) is 0 Å². The zero-order valence-electron chi connectivity index (χ0n) is 16.8. The Morgan fingerprint density at radius 1 is 1.27 bits per heavy atom. The van der Waals surface area contributed by atoms with Crippen LogP contribution in [0, 0.1) is 5.92 Å². The van der Waals surface area contributed by atoms with Crippen LogP contribution in [-0.2, 0) is 20.3 Å². The third-order valence-corrected chi connectivity index (χ3v) is 5.96. The zero-order valence-corrected chi connectivity index (χ0v) is 20.0. The summed E-state index contributed by atoms with van der Waals surface area (Å²) in [6, 6.07) is 0. The lowest BCUT2D eigenvalue weighted by Gasteiger charge is -2.21. The number of hydrogen-bond acceptors (Lipinski definition) is 4. The van der Waals surface area contributed by atoms with E-state index in [1.807, 2.05) is 27.7 Å². The van der Waals surface area contributed by atoms with Crippen LogP contribution in [0.5, 0.6) is 0 Å². The topological polar surface area (TPSA) is 72.0 Å². The Morgan fingerprint density at radius 2 is 1.96 bits per heavy atom.